The maximum Gasteiger partial charge on any atom is 0.463 e. The lowest BCUT2D eigenvalue weighted by Gasteiger charge is -2.26. The fourth-order valence-corrected chi connectivity index (χ4v) is 0.925. The number of hydrogen-bond acceptors (Lipinski definition) is 2. The van der Waals surface area contributed by atoms with Crippen LogP contribution in [0, 0.1) is 0 Å². The van der Waals surface area contributed by atoms with Crippen molar-refractivity contribution in [1.29, 1.82) is 0 Å². The Hall–Kier alpha value is -0.920. The van der Waals surface area contributed by atoms with Crippen molar-refractivity contribution in [1.82, 2.24) is 4.90 Å². The summed E-state index contributed by atoms with van der Waals surface area (Å²) >= 11 is 0. The van der Waals surface area contributed by atoms with Gasteiger partial charge in [-0.3, -0.25) is 4.79 Å². The molecule has 0 unspecified atom stereocenters. The average molecular weight is 249 g/mol. The first-order chi connectivity index (χ1) is 7.18. The number of rotatable bonds is 5. The second kappa shape index (κ2) is 5.42. The molecule has 3 nitrogen and oxygen atoms in total. The van der Waals surface area contributed by atoms with E-state index in [9.17, 15) is 26.7 Å². The Morgan fingerprint density at radius 2 is 1.75 bits per heavy atom. The Balaban J connectivity index is 4.74. The van der Waals surface area contributed by atoms with Crippen LogP contribution in [0.1, 0.15) is 6.92 Å². The van der Waals surface area contributed by atoms with Gasteiger partial charge in [0.05, 0.1) is 6.61 Å². The molecule has 0 atom stereocenters. The number of alkyl halides is 5. The van der Waals surface area contributed by atoms with E-state index in [1.54, 1.807) is 0 Å². The molecule has 0 spiro atoms. The third kappa shape index (κ3) is 3.29. The number of halogens is 5. The molecule has 1 amide bonds. The number of carbonyl (C=O) groups excluding carboxylic acids is 1. The summed E-state index contributed by atoms with van der Waals surface area (Å²) < 4.78 is 65.4. The van der Waals surface area contributed by atoms with Crippen molar-refractivity contribution in [2.24, 2.45) is 0 Å². The second-order valence-corrected chi connectivity index (χ2v) is 2.95. The summed E-state index contributed by atoms with van der Waals surface area (Å²) in [4.78, 5) is 11.3. The standard InChI is InChI=1S/C8H12F5NO2/c1-3-14(4-5-16-2)6(15)7(9,10)8(11,12)13/h3-5H2,1-2H3. The topological polar surface area (TPSA) is 29.5 Å². The zero-order valence-corrected chi connectivity index (χ0v) is 8.77. The van der Waals surface area contributed by atoms with Crippen molar-refractivity contribution in [2.75, 3.05) is 26.8 Å². The van der Waals surface area contributed by atoms with Crippen LogP contribution in [0.2, 0.25) is 0 Å². The van der Waals surface area contributed by atoms with Crippen LogP contribution < -0.4 is 0 Å². The van der Waals surface area contributed by atoms with E-state index in [1.807, 2.05) is 0 Å². The molecule has 0 aromatic rings. The number of likely N-dealkylation sites (N-methyl/N-ethyl adjacent to an activating group) is 1. The lowest BCUT2D eigenvalue weighted by atomic mass is 10.2. The number of hydrogen-bond donors (Lipinski definition) is 0. The minimum absolute atomic E-state index is 0.104. The second-order valence-electron chi connectivity index (χ2n) is 2.95. The summed E-state index contributed by atoms with van der Waals surface area (Å²) in [6, 6.07) is 0. The highest BCUT2D eigenvalue weighted by Gasteiger charge is 2.64. The molecular weight excluding hydrogens is 237 g/mol. The largest absolute Gasteiger partial charge is 0.463 e. The molecule has 0 heterocycles. The van der Waals surface area contributed by atoms with Gasteiger partial charge >= 0.3 is 18.0 Å². The van der Waals surface area contributed by atoms with E-state index in [1.165, 1.54) is 14.0 Å². The highest BCUT2D eigenvalue weighted by atomic mass is 19.4. The SMILES string of the molecule is CCN(CCOC)C(=O)C(F)(F)C(F)(F)F. The molecule has 0 aliphatic rings. The smallest absolute Gasteiger partial charge is 0.383 e. The van der Waals surface area contributed by atoms with Gasteiger partial charge in [0, 0.05) is 20.2 Å². The predicted octanol–water partition coefficient (Wildman–Crippen LogP) is 1.68. The molecule has 96 valence electrons. The number of amides is 1. The van der Waals surface area contributed by atoms with Gasteiger partial charge in [0.15, 0.2) is 0 Å². The lowest BCUT2D eigenvalue weighted by molar-refractivity contribution is -0.274. The van der Waals surface area contributed by atoms with Crippen LogP contribution in [-0.4, -0.2) is 49.7 Å². The van der Waals surface area contributed by atoms with Gasteiger partial charge in [-0.2, -0.15) is 22.0 Å². The molecule has 16 heavy (non-hydrogen) atoms. The Morgan fingerprint density at radius 3 is 2.06 bits per heavy atom. The van der Waals surface area contributed by atoms with E-state index in [0.717, 1.165) is 0 Å². The summed E-state index contributed by atoms with van der Waals surface area (Å²) in [5, 5.41) is 0. The number of carbonyl (C=O) groups is 1. The van der Waals surface area contributed by atoms with Crippen molar-refractivity contribution in [2.45, 2.75) is 19.0 Å². The van der Waals surface area contributed by atoms with Gasteiger partial charge in [-0.1, -0.05) is 0 Å². The van der Waals surface area contributed by atoms with Gasteiger partial charge in [-0.05, 0) is 6.92 Å². The van der Waals surface area contributed by atoms with Crippen LogP contribution in [0.25, 0.3) is 0 Å². The van der Waals surface area contributed by atoms with Crippen LogP contribution in [-0.2, 0) is 9.53 Å². The van der Waals surface area contributed by atoms with Crippen molar-refractivity contribution in [3.63, 3.8) is 0 Å². The molecule has 8 heteroatoms. The Morgan fingerprint density at radius 1 is 1.25 bits per heavy atom. The molecule has 0 saturated carbocycles. The molecule has 0 N–H and O–H groups in total. The summed E-state index contributed by atoms with van der Waals surface area (Å²) in [5.74, 6) is -7.60. The third-order valence-electron chi connectivity index (χ3n) is 1.86. The zero-order chi connectivity index (χ0) is 13.0. The zero-order valence-electron chi connectivity index (χ0n) is 8.77. The molecule has 0 fully saturated rings. The van der Waals surface area contributed by atoms with Crippen molar-refractivity contribution in [3.8, 4) is 0 Å². The van der Waals surface area contributed by atoms with Gasteiger partial charge in [0.25, 0.3) is 0 Å². The molecule has 0 rings (SSSR count). The molecule has 0 bridgehead atoms. The van der Waals surface area contributed by atoms with Crippen LogP contribution in [0.15, 0.2) is 0 Å². The summed E-state index contributed by atoms with van der Waals surface area (Å²) in [5.41, 5.74) is 0. The van der Waals surface area contributed by atoms with E-state index in [4.69, 9.17) is 0 Å². The van der Waals surface area contributed by atoms with E-state index in [2.05, 4.69) is 4.74 Å². The Labute approximate surface area is 89.2 Å². The predicted molar refractivity (Wildman–Crippen MR) is 45.1 cm³/mol. The average Bonchev–Trinajstić information content (AvgIpc) is 2.16. The van der Waals surface area contributed by atoms with Crippen LogP contribution >= 0.6 is 0 Å². The fourth-order valence-electron chi connectivity index (χ4n) is 0.925. The lowest BCUT2D eigenvalue weighted by Crippen LogP contribution is -2.52. The summed E-state index contributed by atoms with van der Waals surface area (Å²) in [6.45, 7) is 0.652. The van der Waals surface area contributed by atoms with E-state index in [0.29, 0.717) is 4.90 Å². The third-order valence-corrected chi connectivity index (χ3v) is 1.86. The number of nitrogens with zero attached hydrogens (tertiary/aromatic N) is 1. The Bertz CT molecular complexity index is 241. The number of methoxy groups -OCH3 is 1. The Kier molecular flexibility index (Phi) is 5.11. The van der Waals surface area contributed by atoms with Crippen molar-refractivity contribution < 1.29 is 31.5 Å². The van der Waals surface area contributed by atoms with Crippen molar-refractivity contribution in [3.05, 3.63) is 0 Å². The van der Waals surface area contributed by atoms with Crippen LogP contribution in [0.4, 0.5) is 22.0 Å². The van der Waals surface area contributed by atoms with Crippen LogP contribution in [0.3, 0.4) is 0 Å². The molecule has 0 aromatic heterocycles. The molecule has 0 aliphatic heterocycles. The van der Waals surface area contributed by atoms with Crippen molar-refractivity contribution >= 4 is 5.91 Å². The van der Waals surface area contributed by atoms with Gasteiger partial charge in [-0.15, -0.1) is 0 Å². The maximum absolute atomic E-state index is 12.6. The first kappa shape index (κ1) is 15.1. The molecular formula is C8H12F5NO2. The van der Waals surface area contributed by atoms with Gasteiger partial charge in [0.1, 0.15) is 0 Å². The quantitative estimate of drug-likeness (QED) is 0.694. The highest BCUT2D eigenvalue weighted by Crippen LogP contribution is 2.36. The summed E-state index contributed by atoms with van der Waals surface area (Å²) in [6.07, 6.45) is -5.87. The minimum Gasteiger partial charge on any atom is -0.383 e. The number of ether oxygens (including phenoxy) is 1. The van der Waals surface area contributed by atoms with E-state index >= 15 is 0 Å². The highest BCUT2D eigenvalue weighted by molar-refractivity contribution is 5.84. The summed E-state index contributed by atoms with van der Waals surface area (Å²) in [7, 11) is 1.25. The fraction of sp³-hybridized carbons (Fsp3) is 0.875. The monoisotopic (exact) mass is 249 g/mol. The van der Waals surface area contributed by atoms with Gasteiger partial charge in [0.2, 0.25) is 0 Å². The molecule has 0 aliphatic carbocycles. The van der Waals surface area contributed by atoms with Gasteiger partial charge < -0.3 is 9.64 Å². The molecule has 0 aromatic carbocycles. The van der Waals surface area contributed by atoms with Gasteiger partial charge in [-0.25, -0.2) is 0 Å². The van der Waals surface area contributed by atoms with Crippen LogP contribution in [0.5, 0.6) is 0 Å². The minimum atomic E-state index is -5.87. The molecule has 0 saturated heterocycles. The first-order valence-electron chi connectivity index (χ1n) is 4.41. The van der Waals surface area contributed by atoms with E-state index < -0.39 is 18.0 Å². The normalized spacial score (nSPS) is 12.7. The first-order valence-corrected chi connectivity index (χ1v) is 4.41. The molecule has 0 radical (unpaired) electrons. The van der Waals surface area contributed by atoms with E-state index in [-0.39, 0.29) is 19.7 Å². The maximum atomic E-state index is 12.6.